The van der Waals surface area contributed by atoms with Crippen LogP contribution in [0.1, 0.15) is 41.7 Å². The molecule has 2 aromatic heterocycles. The highest BCUT2D eigenvalue weighted by molar-refractivity contribution is 7.10. The zero-order chi connectivity index (χ0) is 22.1. The maximum atomic E-state index is 13.1. The van der Waals surface area contributed by atoms with Crippen molar-refractivity contribution in [2.75, 3.05) is 29.9 Å². The van der Waals surface area contributed by atoms with E-state index in [0.717, 1.165) is 10.4 Å². The number of fused-ring (bicyclic) bond motifs is 1. The number of hydrogen-bond donors (Lipinski definition) is 2. The molecular formula is C21H23N5O4S. The Balaban J connectivity index is 1.66. The van der Waals surface area contributed by atoms with E-state index in [4.69, 9.17) is 4.74 Å². The van der Waals surface area contributed by atoms with Crippen molar-refractivity contribution in [2.45, 2.75) is 32.6 Å². The number of esters is 1. The molecule has 2 aliphatic rings. The van der Waals surface area contributed by atoms with Gasteiger partial charge in [0.2, 0.25) is 11.9 Å². The van der Waals surface area contributed by atoms with Crippen LogP contribution in [0.5, 0.6) is 0 Å². The third-order valence-electron chi connectivity index (χ3n) is 5.85. The van der Waals surface area contributed by atoms with Gasteiger partial charge in [-0.05, 0) is 43.7 Å². The van der Waals surface area contributed by atoms with Gasteiger partial charge in [0.05, 0.1) is 30.1 Å². The highest BCUT2D eigenvalue weighted by Crippen LogP contribution is 2.41. The number of carbonyl (C=O) groups excluding carboxylic acids is 2. The van der Waals surface area contributed by atoms with Crippen LogP contribution in [0.15, 0.2) is 16.2 Å². The van der Waals surface area contributed by atoms with Crippen LogP contribution >= 0.6 is 11.3 Å². The first-order chi connectivity index (χ1) is 14.9. The average Bonchev–Trinajstić information content (AvgIpc) is 3.18. The molecule has 2 aliphatic heterocycles. The minimum Gasteiger partial charge on any atom is -0.466 e. The van der Waals surface area contributed by atoms with Crippen LogP contribution in [-0.2, 0) is 14.3 Å². The molecule has 2 N–H and O–H groups in total. The molecule has 1 fully saturated rings. The zero-order valence-corrected chi connectivity index (χ0v) is 18.1. The molecule has 1 amide bonds. The number of carbonyl (C=O) groups is 2. The molecule has 10 heteroatoms. The van der Waals surface area contributed by atoms with Gasteiger partial charge in [-0.1, -0.05) is 0 Å². The van der Waals surface area contributed by atoms with Crippen molar-refractivity contribution in [3.05, 3.63) is 37.8 Å². The van der Waals surface area contributed by atoms with Gasteiger partial charge < -0.3 is 15.0 Å². The number of rotatable bonds is 4. The molecule has 162 valence electrons. The van der Waals surface area contributed by atoms with E-state index in [1.165, 1.54) is 11.3 Å². The molecule has 0 radical (unpaired) electrons. The highest BCUT2D eigenvalue weighted by atomic mass is 32.1. The molecule has 4 rings (SSSR count). The standard InChI is InChI=1S/C21H23N5O4S/c1-3-30-20(29)12-4-7-26(8-5-12)21-24-17-15(19(28)25-21)14(13(10-22)18(27)23-17)16-11(2)6-9-31-16/h6,9,12-14H,3-5,7-8H2,1-2H3,(H2,23,24,25,27,28). The number of aryl methyl sites for hydroxylation is 1. The van der Waals surface area contributed by atoms with E-state index in [1.54, 1.807) is 6.92 Å². The van der Waals surface area contributed by atoms with Crippen LogP contribution in [0, 0.1) is 30.1 Å². The lowest BCUT2D eigenvalue weighted by molar-refractivity contribution is -0.148. The Kier molecular flexibility index (Phi) is 5.78. The van der Waals surface area contributed by atoms with E-state index in [9.17, 15) is 19.6 Å². The number of thiophene rings is 1. The van der Waals surface area contributed by atoms with Crippen LogP contribution < -0.4 is 15.8 Å². The molecule has 0 bridgehead atoms. The highest BCUT2D eigenvalue weighted by Gasteiger charge is 2.41. The molecule has 0 spiro atoms. The first-order valence-corrected chi connectivity index (χ1v) is 11.1. The Morgan fingerprint density at radius 2 is 2.13 bits per heavy atom. The normalized spacial score (nSPS) is 21.2. The van der Waals surface area contributed by atoms with Crippen molar-refractivity contribution >= 4 is 35.0 Å². The summed E-state index contributed by atoms with van der Waals surface area (Å²) >= 11 is 1.42. The van der Waals surface area contributed by atoms with E-state index in [2.05, 4.69) is 21.4 Å². The fourth-order valence-electron chi connectivity index (χ4n) is 4.22. The number of hydrogen-bond acceptors (Lipinski definition) is 8. The lowest BCUT2D eigenvalue weighted by Gasteiger charge is -2.33. The molecule has 4 heterocycles. The molecule has 2 unspecified atom stereocenters. The fraction of sp³-hybridized carbons (Fsp3) is 0.476. The SMILES string of the molecule is CCOC(=O)C1CCN(c2nc3c(c(=O)[nH]2)C(c2sccc2C)C(C#N)C(=O)N3)CC1. The monoisotopic (exact) mass is 441 g/mol. The first-order valence-electron chi connectivity index (χ1n) is 10.2. The van der Waals surface area contributed by atoms with Crippen molar-refractivity contribution in [2.24, 2.45) is 11.8 Å². The van der Waals surface area contributed by atoms with Gasteiger partial charge in [-0.3, -0.25) is 19.4 Å². The molecular weight excluding hydrogens is 418 g/mol. The summed E-state index contributed by atoms with van der Waals surface area (Å²) in [6, 6.07) is 3.96. The van der Waals surface area contributed by atoms with E-state index in [-0.39, 0.29) is 23.3 Å². The topological polar surface area (TPSA) is 128 Å². The summed E-state index contributed by atoms with van der Waals surface area (Å²) in [4.78, 5) is 47.8. The molecule has 1 saturated heterocycles. The number of aromatic nitrogens is 2. The first kappa shape index (κ1) is 21.1. The van der Waals surface area contributed by atoms with Crippen molar-refractivity contribution in [1.82, 2.24) is 9.97 Å². The fourth-order valence-corrected chi connectivity index (χ4v) is 5.30. The maximum Gasteiger partial charge on any atom is 0.309 e. The van der Waals surface area contributed by atoms with E-state index >= 15 is 0 Å². The summed E-state index contributed by atoms with van der Waals surface area (Å²) in [6.07, 6.45) is 1.19. The third-order valence-corrected chi connectivity index (χ3v) is 6.95. The van der Waals surface area contributed by atoms with Gasteiger partial charge >= 0.3 is 5.97 Å². The minimum atomic E-state index is -1.00. The van der Waals surface area contributed by atoms with Gasteiger partial charge in [0.15, 0.2) is 0 Å². The summed E-state index contributed by atoms with van der Waals surface area (Å²) in [5.74, 6) is -1.93. The van der Waals surface area contributed by atoms with E-state index < -0.39 is 17.7 Å². The van der Waals surface area contributed by atoms with Crippen molar-refractivity contribution in [3.8, 4) is 6.07 Å². The lowest BCUT2D eigenvalue weighted by atomic mass is 9.82. The molecule has 0 saturated carbocycles. The van der Waals surface area contributed by atoms with Crippen LogP contribution in [0.4, 0.5) is 11.8 Å². The van der Waals surface area contributed by atoms with Crippen molar-refractivity contribution in [1.29, 1.82) is 5.26 Å². The van der Waals surface area contributed by atoms with Gasteiger partial charge in [0.25, 0.3) is 5.56 Å². The number of aromatic amines is 1. The molecule has 2 atom stereocenters. The Labute approximate surface area is 183 Å². The van der Waals surface area contributed by atoms with Gasteiger partial charge in [-0.15, -0.1) is 11.3 Å². The van der Waals surface area contributed by atoms with Gasteiger partial charge in [-0.2, -0.15) is 10.2 Å². The molecule has 0 aromatic carbocycles. The van der Waals surface area contributed by atoms with Gasteiger partial charge in [0, 0.05) is 18.0 Å². The second-order valence-electron chi connectivity index (χ2n) is 7.71. The van der Waals surface area contributed by atoms with Crippen molar-refractivity contribution < 1.29 is 14.3 Å². The number of nitrogens with zero attached hydrogens (tertiary/aromatic N) is 3. The largest absolute Gasteiger partial charge is 0.466 e. The summed E-state index contributed by atoms with van der Waals surface area (Å²) < 4.78 is 5.10. The van der Waals surface area contributed by atoms with E-state index in [1.807, 2.05) is 23.3 Å². The third kappa shape index (κ3) is 3.81. The summed E-state index contributed by atoms with van der Waals surface area (Å²) in [7, 11) is 0. The number of piperidine rings is 1. The predicted octanol–water partition coefficient (Wildman–Crippen LogP) is 2.14. The number of H-pyrrole nitrogens is 1. The number of anilines is 2. The minimum absolute atomic E-state index is 0.164. The smallest absolute Gasteiger partial charge is 0.309 e. The number of nitrogens with one attached hydrogen (secondary N) is 2. The second kappa shape index (κ2) is 8.51. The second-order valence-corrected chi connectivity index (χ2v) is 8.65. The average molecular weight is 442 g/mol. The summed E-state index contributed by atoms with van der Waals surface area (Å²) in [6.45, 7) is 5.11. The lowest BCUT2D eigenvalue weighted by Crippen LogP contribution is -2.41. The van der Waals surface area contributed by atoms with Gasteiger partial charge in [0.1, 0.15) is 11.7 Å². The maximum absolute atomic E-state index is 13.1. The quantitative estimate of drug-likeness (QED) is 0.696. The molecule has 2 aromatic rings. The van der Waals surface area contributed by atoms with E-state index in [0.29, 0.717) is 44.0 Å². The summed E-state index contributed by atoms with van der Waals surface area (Å²) in [5.41, 5.74) is 0.868. The number of ether oxygens (including phenoxy) is 1. The Morgan fingerprint density at radius 3 is 2.74 bits per heavy atom. The van der Waals surface area contributed by atoms with Crippen LogP contribution in [-0.4, -0.2) is 41.5 Å². The Morgan fingerprint density at radius 1 is 1.39 bits per heavy atom. The van der Waals surface area contributed by atoms with Crippen LogP contribution in [0.25, 0.3) is 0 Å². The summed E-state index contributed by atoms with van der Waals surface area (Å²) in [5, 5.41) is 14.2. The zero-order valence-electron chi connectivity index (χ0n) is 17.3. The number of nitriles is 1. The molecule has 31 heavy (non-hydrogen) atoms. The van der Waals surface area contributed by atoms with Crippen LogP contribution in [0.3, 0.4) is 0 Å². The molecule has 9 nitrogen and oxygen atoms in total. The number of amides is 1. The molecule has 0 aliphatic carbocycles. The van der Waals surface area contributed by atoms with Crippen LogP contribution in [0.2, 0.25) is 0 Å². The Bertz CT molecular complexity index is 1110. The van der Waals surface area contributed by atoms with Crippen molar-refractivity contribution in [3.63, 3.8) is 0 Å². The Hall–Kier alpha value is -3.19. The van der Waals surface area contributed by atoms with Gasteiger partial charge in [-0.25, -0.2) is 0 Å². The predicted molar refractivity (Wildman–Crippen MR) is 115 cm³/mol.